The molecule has 1 aromatic heterocycles. The molecule has 0 aliphatic heterocycles. The maximum Gasteiger partial charge on any atom is 0.189 e. The number of tetrazole rings is 1. The molecule has 0 spiro atoms. The van der Waals surface area contributed by atoms with E-state index in [-0.39, 0.29) is 10.7 Å². The van der Waals surface area contributed by atoms with Crippen LogP contribution in [0.25, 0.3) is 17.1 Å². The molecule has 7 heteroatoms. The molecule has 0 bridgehead atoms. The number of hydrogen-bond acceptors (Lipinski definition) is 4. The zero-order valence-corrected chi connectivity index (χ0v) is 11.8. The van der Waals surface area contributed by atoms with Gasteiger partial charge in [0.2, 0.25) is 0 Å². The molecule has 0 atom stereocenters. The maximum atomic E-state index is 14.1. The lowest BCUT2D eigenvalue weighted by atomic mass is 10.1. The number of anilines is 1. The Bertz CT molecular complexity index is 708. The van der Waals surface area contributed by atoms with Crippen LogP contribution >= 0.6 is 11.6 Å². The SMILES string of the molecule is Cc1cccc(N)c1-c1nnnn1-c1c(F)cccc1Cl. The number of nitrogen functional groups attached to an aromatic ring is 1. The van der Waals surface area contributed by atoms with Crippen LogP contribution in [0.4, 0.5) is 10.1 Å². The van der Waals surface area contributed by atoms with Gasteiger partial charge in [0.25, 0.3) is 0 Å². The van der Waals surface area contributed by atoms with E-state index < -0.39 is 5.82 Å². The highest BCUT2D eigenvalue weighted by Gasteiger charge is 2.19. The molecule has 0 unspecified atom stereocenters. The van der Waals surface area contributed by atoms with Crippen molar-refractivity contribution >= 4 is 17.3 Å². The van der Waals surface area contributed by atoms with E-state index in [1.54, 1.807) is 12.1 Å². The summed E-state index contributed by atoms with van der Waals surface area (Å²) < 4.78 is 15.3. The summed E-state index contributed by atoms with van der Waals surface area (Å²) in [7, 11) is 0. The smallest absolute Gasteiger partial charge is 0.189 e. The topological polar surface area (TPSA) is 69.6 Å². The number of benzene rings is 2. The molecule has 0 saturated carbocycles. The van der Waals surface area contributed by atoms with Crippen molar-refractivity contribution in [1.82, 2.24) is 20.2 Å². The zero-order valence-electron chi connectivity index (χ0n) is 11.1. The maximum absolute atomic E-state index is 14.1. The van der Waals surface area contributed by atoms with Crippen molar-refractivity contribution in [2.45, 2.75) is 6.92 Å². The number of hydrogen-bond donors (Lipinski definition) is 1. The van der Waals surface area contributed by atoms with Gasteiger partial charge in [-0.1, -0.05) is 29.8 Å². The second kappa shape index (κ2) is 5.14. The summed E-state index contributed by atoms with van der Waals surface area (Å²) in [6.45, 7) is 1.88. The Morgan fingerprint density at radius 1 is 1.19 bits per heavy atom. The van der Waals surface area contributed by atoms with E-state index in [0.717, 1.165) is 5.56 Å². The minimum absolute atomic E-state index is 0.0989. The van der Waals surface area contributed by atoms with E-state index in [0.29, 0.717) is 17.1 Å². The van der Waals surface area contributed by atoms with Gasteiger partial charge >= 0.3 is 0 Å². The van der Waals surface area contributed by atoms with Gasteiger partial charge in [-0.25, -0.2) is 4.39 Å². The molecule has 2 N–H and O–H groups in total. The number of aromatic nitrogens is 4. The third kappa shape index (κ3) is 2.23. The monoisotopic (exact) mass is 303 g/mol. The lowest BCUT2D eigenvalue weighted by Gasteiger charge is -2.11. The Kier molecular flexibility index (Phi) is 3.31. The van der Waals surface area contributed by atoms with Gasteiger partial charge < -0.3 is 5.73 Å². The molecule has 21 heavy (non-hydrogen) atoms. The fourth-order valence-electron chi connectivity index (χ4n) is 2.18. The van der Waals surface area contributed by atoms with Gasteiger partial charge in [0.15, 0.2) is 11.6 Å². The fraction of sp³-hybridized carbons (Fsp3) is 0.0714. The first-order chi connectivity index (χ1) is 10.1. The second-order valence-corrected chi connectivity index (χ2v) is 4.93. The van der Waals surface area contributed by atoms with E-state index in [9.17, 15) is 4.39 Å². The summed E-state index contributed by atoms with van der Waals surface area (Å²) in [5, 5.41) is 11.6. The molecule has 106 valence electrons. The number of rotatable bonds is 2. The highest BCUT2D eigenvalue weighted by atomic mass is 35.5. The van der Waals surface area contributed by atoms with Crippen molar-refractivity contribution in [1.29, 1.82) is 0 Å². The van der Waals surface area contributed by atoms with Crippen LogP contribution in [0.15, 0.2) is 36.4 Å². The summed E-state index contributed by atoms with van der Waals surface area (Å²) in [5.74, 6) is -0.166. The molecule has 0 saturated heterocycles. The average Bonchev–Trinajstić information content (AvgIpc) is 2.87. The van der Waals surface area contributed by atoms with E-state index in [1.165, 1.54) is 16.8 Å². The highest BCUT2D eigenvalue weighted by Crippen LogP contribution is 2.31. The quantitative estimate of drug-likeness (QED) is 0.739. The van der Waals surface area contributed by atoms with Crippen LogP contribution in [0, 0.1) is 12.7 Å². The van der Waals surface area contributed by atoms with Gasteiger partial charge in [0.1, 0.15) is 5.69 Å². The minimum Gasteiger partial charge on any atom is -0.398 e. The number of aryl methyl sites for hydroxylation is 1. The van der Waals surface area contributed by atoms with Gasteiger partial charge in [-0.2, -0.15) is 4.68 Å². The first-order valence-corrected chi connectivity index (χ1v) is 6.55. The molecule has 1 heterocycles. The molecular formula is C14H11ClFN5. The molecule has 0 amide bonds. The van der Waals surface area contributed by atoms with Crippen molar-refractivity contribution < 1.29 is 4.39 Å². The third-order valence-electron chi connectivity index (χ3n) is 3.15. The Labute approximate surface area is 125 Å². The van der Waals surface area contributed by atoms with E-state index in [1.807, 2.05) is 19.1 Å². The Morgan fingerprint density at radius 2 is 1.95 bits per heavy atom. The zero-order chi connectivity index (χ0) is 15.0. The van der Waals surface area contributed by atoms with Crippen molar-refractivity contribution in [3.63, 3.8) is 0 Å². The summed E-state index contributed by atoms with van der Waals surface area (Å²) in [5.41, 5.74) is 8.15. The Morgan fingerprint density at radius 3 is 2.67 bits per heavy atom. The predicted molar refractivity (Wildman–Crippen MR) is 78.7 cm³/mol. The molecule has 0 aliphatic carbocycles. The van der Waals surface area contributed by atoms with E-state index in [2.05, 4.69) is 15.5 Å². The van der Waals surface area contributed by atoms with Crippen molar-refractivity contribution in [3.05, 3.63) is 52.8 Å². The molecule has 3 rings (SSSR count). The summed E-state index contributed by atoms with van der Waals surface area (Å²) in [6.07, 6.45) is 0. The second-order valence-electron chi connectivity index (χ2n) is 4.52. The molecule has 3 aromatic rings. The van der Waals surface area contributed by atoms with Crippen LogP contribution < -0.4 is 5.73 Å². The normalized spacial score (nSPS) is 10.8. The summed E-state index contributed by atoms with van der Waals surface area (Å²) in [4.78, 5) is 0. The number of halogens is 2. The lowest BCUT2D eigenvalue weighted by Crippen LogP contribution is -2.05. The molecule has 0 radical (unpaired) electrons. The molecular weight excluding hydrogens is 293 g/mol. The minimum atomic E-state index is -0.511. The van der Waals surface area contributed by atoms with E-state index in [4.69, 9.17) is 17.3 Å². The molecule has 0 aliphatic rings. The number of nitrogens with zero attached hydrogens (tertiary/aromatic N) is 4. The van der Waals surface area contributed by atoms with Crippen LogP contribution in [-0.2, 0) is 0 Å². The van der Waals surface area contributed by atoms with Crippen LogP contribution in [0.1, 0.15) is 5.56 Å². The fourth-order valence-corrected chi connectivity index (χ4v) is 2.42. The van der Waals surface area contributed by atoms with Crippen LogP contribution in [0.3, 0.4) is 0 Å². The largest absolute Gasteiger partial charge is 0.398 e. The standard InChI is InChI=1S/C14H11ClFN5/c1-8-4-2-7-11(17)12(8)14-18-19-20-21(14)13-9(15)5-3-6-10(13)16/h2-7H,17H2,1H3. The van der Waals surface area contributed by atoms with Crippen molar-refractivity contribution in [3.8, 4) is 17.1 Å². The first-order valence-electron chi connectivity index (χ1n) is 6.18. The van der Waals surface area contributed by atoms with Gasteiger partial charge in [-0.3, -0.25) is 0 Å². The van der Waals surface area contributed by atoms with Gasteiger partial charge in [0, 0.05) is 11.3 Å². The van der Waals surface area contributed by atoms with Crippen LogP contribution in [0.5, 0.6) is 0 Å². The van der Waals surface area contributed by atoms with E-state index >= 15 is 0 Å². The summed E-state index contributed by atoms with van der Waals surface area (Å²) in [6, 6.07) is 9.85. The van der Waals surface area contributed by atoms with Gasteiger partial charge in [-0.15, -0.1) is 5.10 Å². The predicted octanol–water partition coefficient (Wildman–Crippen LogP) is 3.01. The third-order valence-corrected chi connectivity index (χ3v) is 3.45. The number of nitrogens with two attached hydrogens (primary N) is 1. The Balaban J connectivity index is 2.28. The average molecular weight is 304 g/mol. The van der Waals surface area contributed by atoms with Crippen LogP contribution in [-0.4, -0.2) is 20.2 Å². The van der Waals surface area contributed by atoms with Crippen LogP contribution in [0.2, 0.25) is 5.02 Å². The lowest BCUT2D eigenvalue weighted by molar-refractivity contribution is 0.608. The first kappa shape index (κ1) is 13.5. The molecule has 0 fully saturated rings. The van der Waals surface area contributed by atoms with Gasteiger partial charge in [-0.05, 0) is 41.1 Å². The number of para-hydroxylation sites is 1. The van der Waals surface area contributed by atoms with Crippen molar-refractivity contribution in [2.24, 2.45) is 0 Å². The molecule has 5 nitrogen and oxygen atoms in total. The summed E-state index contributed by atoms with van der Waals surface area (Å²) >= 11 is 6.07. The van der Waals surface area contributed by atoms with Crippen molar-refractivity contribution in [2.75, 3.05) is 5.73 Å². The molecule has 2 aromatic carbocycles. The Hall–Kier alpha value is -2.47. The van der Waals surface area contributed by atoms with Gasteiger partial charge in [0.05, 0.1) is 5.02 Å². The highest BCUT2D eigenvalue weighted by molar-refractivity contribution is 6.32.